The Morgan fingerprint density at radius 3 is 2.74 bits per heavy atom. The zero-order valence-electron chi connectivity index (χ0n) is 12.5. The monoisotopic (exact) mass is 334 g/mol. The summed E-state index contributed by atoms with van der Waals surface area (Å²) in [5.41, 5.74) is 0.447. The largest absolute Gasteiger partial charge is 0.507 e. The Morgan fingerprint density at radius 1 is 1.35 bits per heavy atom. The van der Waals surface area contributed by atoms with E-state index in [9.17, 15) is 19.5 Å². The van der Waals surface area contributed by atoms with E-state index in [-0.39, 0.29) is 34.0 Å². The summed E-state index contributed by atoms with van der Waals surface area (Å²) in [6.45, 7) is 1.68. The number of aryl methyl sites for hydroxylation is 1. The zero-order valence-corrected chi connectivity index (χ0v) is 13.3. The normalized spacial score (nSPS) is 10.3. The van der Waals surface area contributed by atoms with Crippen molar-refractivity contribution in [3.05, 3.63) is 51.4 Å². The van der Waals surface area contributed by atoms with Crippen molar-refractivity contribution in [2.75, 3.05) is 12.9 Å². The van der Waals surface area contributed by atoms with Crippen LogP contribution in [0.3, 0.4) is 0 Å². The van der Waals surface area contributed by atoms with Gasteiger partial charge in [0.25, 0.3) is 5.56 Å². The van der Waals surface area contributed by atoms with Gasteiger partial charge in [-0.05, 0) is 25.1 Å². The van der Waals surface area contributed by atoms with Crippen LogP contribution in [0.5, 0.6) is 5.75 Å². The fourth-order valence-corrected chi connectivity index (χ4v) is 2.64. The van der Waals surface area contributed by atoms with Gasteiger partial charge in [-0.15, -0.1) is 0 Å². The summed E-state index contributed by atoms with van der Waals surface area (Å²) in [6.07, 6.45) is 0. The van der Waals surface area contributed by atoms with Gasteiger partial charge in [-0.1, -0.05) is 11.8 Å². The van der Waals surface area contributed by atoms with Gasteiger partial charge in [0.15, 0.2) is 10.9 Å². The number of methoxy groups -OCH3 is 1. The lowest BCUT2D eigenvalue weighted by atomic mass is 10.1. The number of H-pyrrole nitrogens is 1. The highest BCUT2D eigenvalue weighted by molar-refractivity contribution is 7.99. The molecule has 2 aromatic rings. The number of carbonyl (C=O) groups is 2. The molecule has 2 rings (SSSR count). The van der Waals surface area contributed by atoms with Gasteiger partial charge in [0.05, 0.1) is 12.9 Å². The van der Waals surface area contributed by atoms with Gasteiger partial charge in [0.1, 0.15) is 11.3 Å². The third kappa shape index (κ3) is 4.19. The van der Waals surface area contributed by atoms with Crippen molar-refractivity contribution in [3.63, 3.8) is 0 Å². The Morgan fingerprint density at radius 2 is 2.09 bits per heavy atom. The Bertz CT molecular complexity index is 816. The van der Waals surface area contributed by atoms with E-state index in [2.05, 4.69) is 14.7 Å². The van der Waals surface area contributed by atoms with Crippen molar-refractivity contribution < 1.29 is 19.4 Å². The van der Waals surface area contributed by atoms with E-state index >= 15 is 0 Å². The third-order valence-electron chi connectivity index (χ3n) is 2.91. The molecule has 0 atom stereocenters. The molecule has 0 amide bonds. The second-order valence-electron chi connectivity index (χ2n) is 4.63. The summed E-state index contributed by atoms with van der Waals surface area (Å²) < 4.78 is 4.54. The van der Waals surface area contributed by atoms with Crippen LogP contribution in [0.15, 0.2) is 34.2 Å². The molecule has 0 radical (unpaired) electrons. The minimum atomic E-state index is -0.727. The minimum Gasteiger partial charge on any atom is -0.507 e. The van der Waals surface area contributed by atoms with E-state index < -0.39 is 5.97 Å². The van der Waals surface area contributed by atoms with E-state index in [0.29, 0.717) is 10.9 Å². The molecule has 0 saturated heterocycles. The number of aromatic amines is 1. The molecular weight excluding hydrogens is 320 g/mol. The Balaban J connectivity index is 2.14. The van der Waals surface area contributed by atoms with Crippen molar-refractivity contribution in [2.45, 2.75) is 12.1 Å². The molecule has 1 aromatic heterocycles. The quantitative estimate of drug-likeness (QED) is 0.369. The second kappa shape index (κ2) is 7.10. The molecule has 1 aromatic carbocycles. The number of ketones is 1. The fraction of sp³-hybridized carbons (Fsp3) is 0.200. The maximum Gasteiger partial charge on any atom is 0.341 e. The number of esters is 1. The number of thioether (sulfide) groups is 1. The number of aromatic hydroxyl groups is 1. The van der Waals surface area contributed by atoms with Crippen molar-refractivity contribution in [1.82, 2.24) is 9.97 Å². The first-order valence-electron chi connectivity index (χ1n) is 6.56. The van der Waals surface area contributed by atoms with E-state index in [0.717, 1.165) is 11.8 Å². The van der Waals surface area contributed by atoms with Crippen LogP contribution in [-0.2, 0) is 4.74 Å². The van der Waals surface area contributed by atoms with Gasteiger partial charge in [-0.3, -0.25) is 9.59 Å². The number of ether oxygens (including phenoxy) is 1. The van der Waals surface area contributed by atoms with Crippen LogP contribution in [-0.4, -0.2) is 39.7 Å². The predicted molar refractivity (Wildman–Crippen MR) is 84.1 cm³/mol. The average molecular weight is 334 g/mol. The summed E-state index contributed by atoms with van der Waals surface area (Å²) >= 11 is 1.08. The van der Waals surface area contributed by atoms with Gasteiger partial charge >= 0.3 is 5.97 Å². The topological polar surface area (TPSA) is 109 Å². The van der Waals surface area contributed by atoms with Crippen LogP contribution in [0.1, 0.15) is 26.4 Å². The number of rotatable bonds is 5. The molecule has 0 aliphatic heterocycles. The maximum absolute atomic E-state index is 12.2. The highest BCUT2D eigenvalue weighted by Crippen LogP contribution is 2.21. The predicted octanol–water partition coefficient (Wildman–Crippen LogP) is 1.55. The summed E-state index contributed by atoms with van der Waals surface area (Å²) in [4.78, 5) is 41.7. The summed E-state index contributed by atoms with van der Waals surface area (Å²) in [6, 6.07) is 5.30. The number of hydrogen-bond acceptors (Lipinski definition) is 7. The molecule has 7 nitrogen and oxygen atoms in total. The van der Waals surface area contributed by atoms with E-state index in [1.54, 1.807) is 6.92 Å². The second-order valence-corrected chi connectivity index (χ2v) is 5.59. The molecule has 8 heteroatoms. The van der Waals surface area contributed by atoms with Crippen LogP contribution in [0.4, 0.5) is 0 Å². The first-order chi connectivity index (χ1) is 10.9. The first kappa shape index (κ1) is 16.8. The van der Waals surface area contributed by atoms with Crippen LogP contribution in [0, 0.1) is 6.92 Å². The van der Waals surface area contributed by atoms with E-state index in [1.165, 1.54) is 31.4 Å². The van der Waals surface area contributed by atoms with Crippen molar-refractivity contribution in [2.24, 2.45) is 0 Å². The maximum atomic E-state index is 12.2. The molecular formula is C15H14N2O5S. The molecule has 0 unspecified atom stereocenters. The lowest BCUT2D eigenvalue weighted by Crippen LogP contribution is -2.10. The molecule has 120 valence electrons. The standard InChI is InChI=1S/C15H14N2O5S/c1-8-5-13(20)17-15(16-8)23-7-12(19)9-3-4-11(18)10(6-9)14(21)22-2/h3-6,18H,7H2,1-2H3,(H,16,17,20). The van der Waals surface area contributed by atoms with Crippen LogP contribution in [0.25, 0.3) is 0 Å². The average Bonchev–Trinajstić information content (AvgIpc) is 2.51. The SMILES string of the molecule is COC(=O)c1cc(C(=O)CSc2nc(C)cc(=O)[nH]2)ccc1O. The highest BCUT2D eigenvalue weighted by Gasteiger charge is 2.16. The molecule has 0 spiro atoms. The number of phenols is 1. The van der Waals surface area contributed by atoms with Gasteiger partial charge in [0, 0.05) is 17.3 Å². The van der Waals surface area contributed by atoms with Gasteiger partial charge < -0.3 is 14.8 Å². The number of benzene rings is 1. The highest BCUT2D eigenvalue weighted by atomic mass is 32.2. The lowest BCUT2D eigenvalue weighted by Gasteiger charge is -2.06. The van der Waals surface area contributed by atoms with Crippen LogP contribution < -0.4 is 5.56 Å². The molecule has 23 heavy (non-hydrogen) atoms. The Hall–Kier alpha value is -2.61. The number of hydrogen-bond donors (Lipinski definition) is 2. The van der Waals surface area contributed by atoms with Crippen molar-refractivity contribution in [3.8, 4) is 5.75 Å². The van der Waals surface area contributed by atoms with Crippen LogP contribution >= 0.6 is 11.8 Å². The summed E-state index contributed by atoms with van der Waals surface area (Å²) in [5, 5.41) is 9.96. The molecule has 0 bridgehead atoms. The lowest BCUT2D eigenvalue weighted by molar-refractivity contribution is 0.0597. The van der Waals surface area contributed by atoms with Crippen LogP contribution in [0.2, 0.25) is 0 Å². The van der Waals surface area contributed by atoms with E-state index in [4.69, 9.17) is 0 Å². The van der Waals surface area contributed by atoms with Gasteiger partial charge in [0.2, 0.25) is 0 Å². The number of Topliss-reactive ketones (excluding diaryl/α,β-unsaturated/α-hetero) is 1. The van der Waals surface area contributed by atoms with E-state index in [1.807, 2.05) is 0 Å². The molecule has 0 fully saturated rings. The number of carbonyl (C=O) groups excluding carboxylic acids is 2. The number of phenolic OH excluding ortho intramolecular Hbond substituents is 1. The number of nitrogens with zero attached hydrogens (tertiary/aromatic N) is 1. The molecule has 1 heterocycles. The van der Waals surface area contributed by atoms with Crippen molar-refractivity contribution >= 4 is 23.5 Å². The first-order valence-corrected chi connectivity index (χ1v) is 7.54. The molecule has 0 aliphatic carbocycles. The molecule has 2 N–H and O–H groups in total. The smallest absolute Gasteiger partial charge is 0.341 e. The fourth-order valence-electron chi connectivity index (χ4n) is 1.82. The molecule has 0 saturated carbocycles. The van der Waals surface area contributed by atoms with Gasteiger partial charge in [-0.2, -0.15) is 0 Å². The minimum absolute atomic E-state index is 0.0256. The zero-order chi connectivity index (χ0) is 17.0. The number of aromatic nitrogens is 2. The Labute approximate surface area is 135 Å². The number of nitrogens with one attached hydrogen (secondary N) is 1. The Kier molecular flexibility index (Phi) is 5.17. The summed E-state index contributed by atoms with van der Waals surface area (Å²) in [5.74, 6) is -1.23. The summed E-state index contributed by atoms with van der Waals surface area (Å²) in [7, 11) is 1.19. The van der Waals surface area contributed by atoms with Crippen molar-refractivity contribution in [1.29, 1.82) is 0 Å². The van der Waals surface area contributed by atoms with Gasteiger partial charge in [-0.25, -0.2) is 9.78 Å². The molecule has 0 aliphatic rings. The third-order valence-corrected chi connectivity index (χ3v) is 3.79.